The fraction of sp³-hybridized carbons (Fsp3) is 0.379. The summed E-state index contributed by atoms with van der Waals surface area (Å²) in [6.07, 6.45) is 2.81. The van der Waals surface area contributed by atoms with E-state index in [1.807, 2.05) is 31.3 Å². The molecule has 40 heavy (non-hydrogen) atoms. The van der Waals surface area contributed by atoms with Gasteiger partial charge in [0.25, 0.3) is 0 Å². The monoisotopic (exact) mass is 573 g/mol. The van der Waals surface area contributed by atoms with Gasteiger partial charge in [0.05, 0.1) is 31.9 Å². The minimum absolute atomic E-state index is 0.131. The predicted octanol–water partition coefficient (Wildman–Crippen LogP) is 5.46. The maximum atomic E-state index is 13.1. The first kappa shape index (κ1) is 30.0. The van der Waals surface area contributed by atoms with Crippen LogP contribution in [0.3, 0.4) is 0 Å². The number of hydrogen-bond donors (Lipinski definition) is 3. The van der Waals surface area contributed by atoms with Gasteiger partial charge in [0.15, 0.2) is 5.82 Å². The molecular weight excluding hydrogens is 539 g/mol. The van der Waals surface area contributed by atoms with Crippen LogP contribution in [-0.2, 0) is 22.3 Å². The van der Waals surface area contributed by atoms with E-state index in [-0.39, 0.29) is 19.8 Å². The molecule has 0 atom stereocenters. The Morgan fingerprint density at radius 2 is 1.65 bits per heavy atom. The summed E-state index contributed by atoms with van der Waals surface area (Å²) < 4.78 is 42.4. The van der Waals surface area contributed by atoms with Crippen LogP contribution in [0.15, 0.2) is 48.7 Å². The summed E-state index contributed by atoms with van der Waals surface area (Å²) in [7, 11) is -3.30. The third-order valence-electron chi connectivity index (χ3n) is 6.58. The molecule has 0 amide bonds. The van der Waals surface area contributed by atoms with E-state index in [0.717, 1.165) is 57.1 Å². The average Bonchev–Trinajstić information content (AvgIpc) is 2.91. The maximum absolute atomic E-state index is 13.1. The molecule has 0 bridgehead atoms. The number of fused-ring (bicyclic) bond motifs is 3. The molecule has 0 unspecified atom stereocenters. The zero-order valence-corrected chi connectivity index (χ0v) is 23.5. The van der Waals surface area contributed by atoms with Crippen LogP contribution in [0.1, 0.15) is 28.7 Å². The third-order valence-corrected chi connectivity index (χ3v) is 7.39. The number of alkyl halides is 2. The van der Waals surface area contributed by atoms with E-state index in [1.165, 1.54) is 5.56 Å². The van der Waals surface area contributed by atoms with Gasteiger partial charge in [-0.2, -0.15) is 8.78 Å². The number of halogens is 2. The van der Waals surface area contributed by atoms with Gasteiger partial charge in [0, 0.05) is 23.4 Å². The highest BCUT2D eigenvalue weighted by atomic mass is 31.2. The minimum atomic E-state index is -3.52. The van der Waals surface area contributed by atoms with Crippen molar-refractivity contribution < 1.29 is 32.8 Å². The molecule has 2 aromatic carbocycles. The molecular formula is C29H34F2N3O5P. The number of hydrogen-bond acceptors (Lipinski definition) is 8. The van der Waals surface area contributed by atoms with Gasteiger partial charge in [-0.1, -0.05) is 18.2 Å². The van der Waals surface area contributed by atoms with Gasteiger partial charge < -0.3 is 29.7 Å². The lowest BCUT2D eigenvalue weighted by atomic mass is 9.99. The fourth-order valence-corrected chi connectivity index (χ4v) is 4.64. The van der Waals surface area contributed by atoms with Gasteiger partial charge in [0.2, 0.25) is 8.38 Å². The highest BCUT2D eigenvalue weighted by molar-refractivity contribution is 7.46. The van der Waals surface area contributed by atoms with Gasteiger partial charge in [-0.3, -0.25) is 4.98 Å². The number of aryl methyl sites for hydroxylation is 4. The molecule has 8 nitrogen and oxygen atoms in total. The van der Waals surface area contributed by atoms with E-state index < -0.39 is 20.5 Å². The van der Waals surface area contributed by atoms with Crippen LogP contribution in [0.25, 0.3) is 21.8 Å². The minimum Gasteiger partial charge on any atom is -0.491 e. The van der Waals surface area contributed by atoms with E-state index >= 15 is 0 Å². The summed E-state index contributed by atoms with van der Waals surface area (Å²) in [6.45, 7) is 4.82. The summed E-state index contributed by atoms with van der Waals surface area (Å²) in [6, 6.07) is 14.3. The van der Waals surface area contributed by atoms with E-state index in [4.69, 9.17) is 29.7 Å². The van der Waals surface area contributed by atoms with Crippen molar-refractivity contribution in [1.82, 2.24) is 9.97 Å². The predicted molar refractivity (Wildman–Crippen MR) is 153 cm³/mol. The first-order valence-electron chi connectivity index (χ1n) is 13.0. The molecule has 0 aliphatic carbocycles. The Hall–Kier alpha value is -3.01. The Kier molecular flexibility index (Phi) is 10.2. The lowest BCUT2D eigenvalue weighted by molar-refractivity contribution is 0.00173. The largest absolute Gasteiger partial charge is 0.491 e. The highest BCUT2D eigenvalue weighted by Crippen LogP contribution is 2.47. The molecule has 0 saturated heterocycles. The summed E-state index contributed by atoms with van der Waals surface area (Å²) in [5.41, 5.74) is 8.86. The number of ether oxygens (including phenoxy) is 3. The summed E-state index contributed by atoms with van der Waals surface area (Å²) in [4.78, 5) is 26.4. The Labute approximate surface area is 233 Å². The molecule has 0 fully saturated rings. The van der Waals surface area contributed by atoms with Crippen molar-refractivity contribution >= 4 is 36.0 Å². The number of nitrogen functional groups attached to an aromatic ring is 1. The van der Waals surface area contributed by atoms with Gasteiger partial charge >= 0.3 is 5.66 Å². The van der Waals surface area contributed by atoms with Crippen molar-refractivity contribution in [2.75, 3.05) is 38.8 Å². The van der Waals surface area contributed by atoms with E-state index in [2.05, 4.69) is 41.2 Å². The summed E-state index contributed by atoms with van der Waals surface area (Å²) >= 11 is 0. The van der Waals surface area contributed by atoms with Crippen molar-refractivity contribution in [2.24, 2.45) is 0 Å². The highest BCUT2D eigenvalue weighted by Gasteiger charge is 2.38. The standard InChI is InChI=1S/C29H34F2N3O5P/c1-19-3-8-24-25-17-21(18-33-27(25)28(32)34-26(24)15-19)4-5-22-6-7-23(16-20(22)2)39-14-13-38-12-11-37-10-9-29(30,31)40(35)36/h3,6-8,15-18,35-36H,4-5,9-14H2,1-2H3,(H2,32,34). The van der Waals surface area contributed by atoms with Gasteiger partial charge in [-0.15, -0.1) is 0 Å². The second kappa shape index (κ2) is 13.6. The molecule has 11 heteroatoms. The number of pyridine rings is 2. The Morgan fingerprint density at radius 1 is 0.900 bits per heavy atom. The molecule has 2 aromatic heterocycles. The van der Waals surface area contributed by atoms with E-state index in [0.29, 0.717) is 19.0 Å². The topological polar surface area (TPSA) is 120 Å². The Bertz CT molecular complexity index is 1450. The number of aromatic nitrogens is 2. The number of rotatable bonds is 14. The zero-order valence-electron chi connectivity index (χ0n) is 22.6. The van der Waals surface area contributed by atoms with Crippen molar-refractivity contribution in [3.8, 4) is 5.75 Å². The fourth-order valence-electron chi connectivity index (χ4n) is 4.35. The third kappa shape index (κ3) is 7.80. The van der Waals surface area contributed by atoms with Crippen LogP contribution < -0.4 is 10.5 Å². The van der Waals surface area contributed by atoms with Crippen molar-refractivity contribution in [3.05, 3.63) is 70.9 Å². The van der Waals surface area contributed by atoms with Gasteiger partial charge in [-0.25, -0.2) is 4.98 Å². The normalized spacial score (nSPS) is 12.1. The van der Waals surface area contributed by atoms with Crippen LogP contribution >= 0.6 is 8.38 Å². The first-order chi connectivity index (χ1) is 19.1. The van der Waals surface area contributed by atoms with Crippen LogP contribution in [0.4, 0.5) is 14.6 Å². The quantitative estimate of drug-likeness (QED) is 0.103. The second-order valence-corrected chi connectivity index (χ2v) is 10.9. The molecule has 2 heterocycles. The maximum Gasteiger partial charge on any atom is 0.316 e. The smallest absolute Gasteiger partial charge is 0.316 e. The number of anilines is 1. The zero-order chi connectivity index (χ0) is 28.7. The molecule has 0 aliphatic rings. The molecule has 0 radical (unpaired) electrons. The Balaban J connectivity index is 1.22. The van der Waals surface area contributed by atoms with Gasteiger partial charge in [0.1, 0.15) is 17.9 Å². The van der Waals surface area contributed by atoms with Crippen molar-refractivity contribution in [3.63, 3.8) is 0 Å². The molecule has 4 N–H and O–H groups in total. The molecule has 0 saturated carbocycles. The average molecular weight is 574 g/mol. The second-order valence-electron chi connectivity index (χ2n) is 9.62. The molecule has 0 spiro atoms. The number of benzene rings is 2. The number of nitrogens with zero attached hydrogens (tertiary/aromatic N) is 2. The molecule has 214 valence electrons. The summed E-state index contributed by atoms with van der Waals surface area (Å²) in [5.74, 6) is 1.18. The van der Waals surface area contributed by atoms with Crippen LogP contribution in [-0.4, -0.2) is 58.5 Å². The van der Waals surface area contributed by atoms with E-state index in [9.17, 15) is 8.78 Å². The SMILES string of the molecule is Cc1ccc2c(c1)nc(N)c1ncc(CCc3ccc(OCCOCCOCCC(F)(F)P(O)O)cc3C)cc12. The lowest BCUT2D eigenvalue weighted by Crippen LogP contribution is -2.17. The molecule has 4 aromatic rings. The summed E-state index contributed by atoms with van der Waals surface area (Å²) in [5, 5.41) is 2.06. The number of nitrogens with two attached hydrogens (primary N) is 1. The Morgan fingerprint density at radius 3 is 2.40 bits per heavy atom. The van der Waals surface area contributed by atoms with Crippen molar-refractivity contribution in [1.29, 1.82) is 0 Å². The van der Waals surface area contributed by atoms with Crippen molar-refractivity contribution in [2.45, 2.75) is 38.8 Å². The molecule has 4 rings (SSSR count). The first-order valence-corrected chi connectivity index (χ1v) is 14.3. The van der Waals surface area contributed by atoms with E-state index in [1.54, 1.807) is 0 Å². The van der Waals surface area contributed by atoms with Gasteiger partial charge in [-0.05, 0) is 73.2 Å². The lowest BCUT2D eigenvalue weighted by Gasteiger charge is -2.16. The van der Waals surface area contributed by atoms with Crippen LogP contribution in [0, 0.1) is 13.8 Å². The van der Waals surface area contributed by atoms with Crippen LogP contribution in [0.5, 0.6) is 5.75 Å². The molecule has 0 aliphatic heterocycles. The van der Waals surface area contributed by atoms with Crippen LogP contribution in [0.2, 0.25) is 0 Å².